The van der Waals surface area contributed by atoms with Crippen molar-refractivity contribution in [3.05, 3.63) is 35.4 Å². The molecule has 0 aliphatic carbocycles. The number of rotatable bonds is 4. The monoisotopic (exact) mass is 318 g/mol. The normalized spacial score (nSPS) is 21.7. The number of carbonyl (C=O) groups is 2. The third-order valence-electron chi connectivity index (χ3n) is 4.25. The van der Waals surface area contributed by atoms with Gasteiger partial charge in [0.15, 0.2) is 0 Å². The summed E-state index contributed by atoms with van der Waals surface area (Å²) >= 11 is 0. The molecule has 2 amide bonds. The Morgan fingerprint density at radius 1 is 1.22 bits per heavy atom. The van der Waals surface area contributed by atoms with Gasteiger partial charge in [0, 0.05) is 30.2 Å². The van der Waals surface area contributed by atoms with E-state index >= 15 is 0 Å². The molecule has 1 aliphatic rings. The largest absolute Gasteiger partial charge is 0.377 e. The van der Waals surface area contributed by atoms with Crippen molar-refractivity contribution in [3.8, 4) is 0 Å². The summed E-state index contributed by atoms with van der Waals surface area (Å²) in [5.74, 6) is -0.318. The van der Waals surface area contributed by atoms with Crippen LogP contribution in [0.1, 0.15) is 54.3 Å². The van der Waals surface area contributed by atoms with Gasteiger partial charge in [-0.3, -0.25) is 9.59 Å². The predicted octanol–water partition coefficient (Wildman–Crippen LogP) is 2.36. The van der Waals surface area contributed by atoms with E-state index in [1.165, 1.54) is 0 Å². The summed E-state index contributed by atoms with van der Waals surface area (Å²) in [7, 11) is 0. The van der Waals surface area contributed by atoms with Crippen molar-refractivity contribution in [1.82, 2.24) is 5.32 Å². The molecule has 1 heterocycles. The molecule has 0 aromatic heterocycles. The van der Waals surface area contributed by atoms with Crippen LogP contribution >= 0.6 is 0 Å². The van der Waals surface area contributed by atoms with E-state index in [0.29, 0.717) is 23.6 Å². The van der Waals surface area contributed by atoms with E-state index in [9.17, 15) is 9.59 Å². The van der Waals surface area contributed by atoms with Gasteiger partial charge in [-0.1, -0.05) is 20.8 Å². The highest BCUT2D eigenvalue weighted by Crippen LogP contribution is 2.33. The zero-order valence-electron chi connectivity index (χ0n) is 14.1. The van der Waals surface area contributed by atoms with Gasteiger partial charge in [0.25, 0.3) is 5.91 Å². The van der Waals surface area contributed by atoms with E-state index in [0.717, 1.165) is 19.4 Å². The third-order valence-corrected chi connectivity index (χ3v) is 4.25. The van der Waals surface area contributed by atoms with E-state index in [1.807, 2.05) is 0 Å². The molecule has 1 fully saturated rings. The Morgan fingerprint density at radius 2 is 1.83 bits per heavy atom. The summed E-state index contributed by atoms with van der Waals surface area (Å²) in [6.07, 6.45) is 2.23. The fraction of sp³-hybridized carbons (Fsp3) is 0.556. The number of ether oxygens (including phenoxy) is 1. The van der Waals surface area contributed by atoms with Crippen LogP contribution < -0.4 is 11.1 Å². The molecule has 0 bridgehead atoms. The van der Waals surface area contributed by atoms with Crippen LogP contribution in [0.15, 0.2) is 24.3 Å². The van der Waals surface area contributed by atoms with Crippen LogP contribution in [0, 0.1) is 11.3 Å². The highest BCUT2D eigenvalue weighted by atomic mass is 16.5. The smallest absolute Gasteiger partial charge is 0.251 e. The number of amides is 2. The van der Waals surface area contributed by atoms with Crippen LogP contribution in [0.3, 0.4) is 0 Å². The Morgan fingerprint density at radius 3 is 2.39 bits per heavy atom. The maximum Gasteiger partial charge on any atom is 0.251 e. The molecule has 0 saturated carbocycles. The second-order valence-electron chi connectivity index (χ2n) is 7.21. The topological polar surface area (TPSA) is 81.4 Å². The first-order valence-corrected chi connectivity index (χ1v) is 8.08. The number of hydrogen-bond acceptors (Lipinski definition) is 3. The molecule has 3 N–H and O–H groups in total. The van der Waals surface area contributed by atoms with Gasteiger partial charge in [-0.15, -0.1) is 0 Å². The van der Waals surface area contributed by atoms with E-state index in [2.05, 4.69) is 26.1 Å². The lowest BCUT2D eigenvalue weighted by Gasteiger charge is -2.40. The van der Waals surface area contributed by atoms with Crippen LogP contribution in [0.2, 0.25) is 0 Å². The maximum atomic E-state index is 12.3. The molecule has 1 aliphatic heterocycles. The number of benzene rings is 1. The molecule has 1 aromatic rings. The van der Waals surface area contributed by atoms with Gasteiger partial charge in [-0.2, -0.15) is 0 Å². The highest BCUT2D eigenvalue weighted by molar-refractivity contribution is 5.97. The fourth-order valence-corrected chi connectivity index (χ4v) is 3.12. The quantitative estimate of drug-likeness (QED) is 0.894. The summed E-state index contributed by atoms with van der Waals surface area (Å²) in [5, 5.41) is 2.98. The molecule has 0 radical (unpaired) electrons. The Bertz CT molecular complexity index is 561. The number of nitrogens with one attached hydrogen (secondary N) is 1. The Kier molecular flexibility index (Phi) is 5.42. The molecule has 2 rings (SSSR count). The number of primary amides is 1. The zero-order valence-corrected chi connectivity index (χ0v) is 14.1. The number of hydrogen-bond donors (Lipinski definition) is 2. The fourth-order valence-electron chi connectivity index (χ4n) is 3.12. The van der Waals surface area contributed by atoms with Crippen molar-refractivity contribution in [1.29, 1.82) is 0 Å². The standard InChI is InChI=1S/C18H26N2O3/c1-18(2,3)15-14(5-4-10-23-15)11-20-17(22)13-8-6-12(7-9-13)16(19)21/h6-9,14-15H,4-5,10-11H2,1-3H3,(H2,19,21)(H,20,22)/t14-,15+/m0/s1. The van der Waals surface area contributed by atoms with E-state index in [1.54, 1.807) is 24.3 Å². The average molecular weight is 318 g/mol. The molecular weight excluding hydrogens is 292 g/mol. The van der Waals surface area contributed by atoms with Gasteiger partial charge in [-0.05, 0) is 42.5 Å². The van der Waals surface area contributed by atoms with Crippen LogP contribution in [0.5, 0.6) is 0 Å². The van der Waals surface area contributed by atoms with Crippen LogP contribution in [0.25, 0.3) is 0 Å². The second kappa shape index (κ2) is 7.13. The molecule has 126 valence electrons. The van der Waals surface area contributed by atoms with E-state index in [-0.39, 0.29) is 17.4 Å². The minimum atomic E-state index is -0.496. The van der Waals surface area contributed by atoms with Gasteiger partial charge in [-0.25, -0.2) is 0 Å². The van der Waals surface area contributed by atoms with Crippen molar-refractivity contribution in [3.63, 3.8) is 0 Å². The van der Waals surface area contributed by atoms with Gasteiger partial charge in [0.1, 0.15) is 0 Å². The predicted molar refractivity (Wildman–Crippen MR) is 89.2 cm³/mol. The Hall–Kier alpha value is -1.88. The summed E-state index contributed by atoms with van der Waals surface area (Å²) in [5.41, 5.74) is 6.18. The third kappa shape index (κ3) is 4.55. The minimum absolute atomic E-state index is 0.0545. The molecule has 5 nitrogen and oxygen atoms in total. The van der Waals surface area contributed by atoms with Gasteiger partial charge >= 0.3 is 0 Å². The second-order valence-corrected chi connectivity index (χ2v) is 7.21. The van der Waals surface area contributed by atoms with E-state index < -0.39 is 5.91 Å². The van der Waals surface area contributed by atoms with Crippen molar-refractivity contribution in [2.24, 2.45) is 17.1 Å². The lowest BCUT2D eigenvalue weighted by Crippen LogP contribution is -2.45. The summed E-state index contributed by atoms with van der Waals surface area (Å²) < 4.78 is 5.93. The molecule has 5 heteroatoms. The number of nitrogens with two attached hydrogens (primary N) is 1. The Balaban J connectivity index is 1.96. The summed E-state index contributed by atoms with van der Waals surface area (Å²) in [6, 6.07) is 6.37. The molecule has 0 spiro atoms. The van der Waals surface area contributed by atoms with Crippen LogP contribution in [-0.2, 0) is 4.74 Å². The SMILES string of the molecule is CC(C)(C)[C@@H]1OCCC[C@H]1CNC(=O)c1ccc(C(N)=O)cc1. The molecule has 23 heavy (non-hydrogen) atoms. The maximum absolute atomic E-state index is 12.3. The summed E-state index contributed by atoms with van der Waals surface area (Å²) in [4.78, 5) is 23.3. The lowest BCUT2D eigenvalue weighted by molar-refractivity contribution is -0.0839. The van der Waals surface area contributed by atoms with Gasteiger partial charge < -0.3 is 15.8 Å². The van der Waals surface area contributed by atoms with Gasteiger partial charge in [0.05, 0.1) is 6.10 Å². The molecule has 2 atom stereocenters. The first-order chi connectivity index (χ1) is 10.8. The minimum Gasteiger partial charge on any atom is -0.377 e. The average Bonchev–Trinajstić information content (AvgIpc) is 2.52. The van der Waals surface area contributed by atoms with Crippen LogP contribution in [0.4, 0.5) is 0 Å². The van der Waals surface area contributed by atoms with Crippen molar-refractivity contribution in [2.45, 2.75) is 39.7 Å². The number of carbonyl (C=O) groups excluding carboxylic acids is 2. The van der Waals surface area contributed by atoms with Gasteiger partial charge in [0.2, 0.25) is 5.91 Å². The van der Waals surface area contributed by atoms with Crippen LogP contribution in [-0.4, -0.2) is 31.1 Å². The van der Waals surface area contributed by atoms with E-state index in [4.69, 9.17) is 10.5 Å². The molecule has 0 unspecified atom stereocenters. The first kappa shape index (κ1) is 17.5. The Labute approximate surface area is 137 Å². The highest BCUT2D eigenvalue weighted by Gasteiger charge is 2.35. The van der Waals surface area contributed by atoms with Crippen molar-refractivity contribution in [2.75, 3.05) is 13.2 Å². The van der Waals surface area contributed by atoms with Crippen molar-refractivity contribution >= 4 is 11.8 Å². The molecular formula is C18H26N2O3. The first-order valence-electron chi connectivity index (χ1n) is 8.08. The zero-order chi connectivity index (χ0) is 17.0. The van der Waals surface area contributed by atoms with Crippen molar-refractivity contribution < 1.29 is 14.3 Å². The lowest BCUT2D eigenvalue weighted by atomic mass is 9.78. The molecule has 1 aromatic carbocycles. The summed E-state index contributed by atoms with van der Waals surface area (Å²) in [6.45, 7) is 7.89. The molecule has 1 saturated heterocycles.